The average Bonchev–Trinajstić information content (AvgIpc) is 3.27. The Hall–Kier alpha value is -5.59. The number of aromatic amines is 2. The second-order valence-electron chi connectivity index (χ2n) is 10.8. The Morgan fingerprint density at radius 1 is 0.891 bits per heavy atom. The SMILES string of the molecule is COc1cc2c(c(OC)c1OC)-c1ccc(NCCCC(=O)Nc3ccc4[nH]c(=O)c(=O)[nH]c4c3)c(=O)cc1[C@@H](NC(C)=O)CC2. The van der Waals surface area contributed by atoms with Crippen LogP contribution in [0.4, 0.5) is 11.4 Å². The summed E-state index contributed by atoms with van der Waals surface area (Å²) in [6, 6.07) is 11.3. The first-order chi connectivity index (χ1) is 22.1. The monoisotopic (exact) mass is 629 g/mol. The maximum atomic E-state index is 13.5. The molecule has 13 heteroatoms. The number of carbonyl (C=O) groups excluding carboxylic acids is 2. The van der Waals surface area contributed by atoms with Gasteiger partial charge in [0.05, 0.1) is 44.1 Å². The standard InChI is InChI=1S/C33H35N5O8/c1-17(39)35-22-10-7-18-14-27(44-2)30(45-3)31(46-4)29(18)20-9-12-24(26(40)16-21(20)22)34-13-5-6-28(41)36-19-8-11-23-25(15-19)38-33(43)32(42)37-23/h8-9,11-12,14-16,22H,5-7,10,13H2,1-4H3,(H,34,40)(H,35,39)(H,36,41)(H,37,42)(H,38,43)/t22-/m0/s1. The van der Waals surface area contributed by atoms with Crippen molar-refractivity contribution in [3.63, 3.8) is 0 Å². The molecule has 13 nitrogen and oxygen atoms in total. The summed E-state index contributed by atoms with van der Waals surface area (Å²) in [6.07, 6.45) is 1.72. The number of anilines is 2. The molecule has 5 N–H and O–H groups in total. The molecule has 0 unspecified atom stereocenters. The molecule has 2 amide bonds. The van der Waals surface area contributed by atoms with E-state index < -0.39 is 17.2 Å². The summed E-state index contributed by atoms with van der Waals surface area (Å²) in [5, 5.41) is 8.91. The number of amides is 2. The lowest BCUT2D eigenvalue weighted by Crippen LogP contribution is -2.28. The highest BCUT2D eigenvalue weighted by Crippen LogP contribution is 2.50. The molecule has 0 aliphatic heterocycles. The average molecular weight is 630 g/mol. The minimum Gasteiger partial charge on any atom is -0.493 e. The maximum absolute atomic E-state index is 13.5. The highest BCUT2D eigenvalue weighted by atomic mass is 16.5. The van der Waals surface area contributed by atoms with Crippen LogP contribution in [-0.2, 0) is 16.0 Å². The second-order valence-corrected chi connectivity index (χ2v) is 10.8. The molecule has 1 atom stereocenters. The largest absolute Gasteiger partial charge is 0.493 e. The van der Waals surface area contributed by atoms with Crippen molar-refractivity contribution in [2.24, 2.45) is 0 Å². The van der Waals surface area contributed by atoms with Crippen LogP contribution in [0.3, 0.4) is 0 Å². The van der Waals surface area contributed by atoms with Crippen molar-refractivity contribution < 1.29 is 23.8 Å². The van der Waals surface area contributed by atoms with E-state index in [9.17, 15) is 24.0 Å². The van der Waals surface area contributed by atoms with E-state index in [-0.39, 0.29) is 23.7 Å². The van der Waals surface area contributed by atoms with Crippen LogP contribution >= 0.6 is 0 Å². The van der Waals surface area contributed by atoms with Gasteiger partial charge in [0.2, 0.25) is 23.0 Å². The van der Waals surface area contributed by atoms with Crippen molar-refractivity contribution in [3.8, 4) is 28.4 Å². The summed E-state index contributed by atoms with van der Waals surface area (Å²) in [5.41, 5.74) is 2.88. The lowest BCUT2D eigenvalue weighted by atomic mass is 9.95. The fraction of sp³-hybridized carbons (Fsp3) is 0.303. The van der Waals surface area contributed by atoms with Crippen LogP contribution in [0.15, 0.2) is 56.8 Å². The Morgan fingerprint density at radius 3 is 2.33 bits per heavy atom. The number of fused-ring (bicyclic) bond motifs is 4. The summed E-state index contributed by atoms with van der Waals surface area (Å²) in [5.74, 6) is 0.927. The fourth-order valence-electron chi connectivity index (χ4n) is 5.74. The number of aryl methyl sites for hydroxylation is 1. The van der Waals surface area contributed by atoms with Crippen molar-refractivity contribution in [2.45, 2.75) is 38.6 Å². The van der Waals surface area contributed by atoms with Crippen LogP contribution in [-0.4, -0.2) is 49.7 Å². The molecule has 0 bridgehead atoms. The van der Waals surface area contributed by atoms with E-state index in [1.165, 1.54) is 20.1 Å². The van der Waals surface area contributed by atoms with E-state index in [0.717, 1.165) is 16.7 Å². The number of nitrogens with one attached hydrogen (secondary N) is 5. The predicted octanol–water partition coefficient (Wildman–Crippen LogP) is 3.22. The number of hydrogen-bond donors (Lipinski definition) is 5. The molecule has 240 valence electrons. The minimum atomic E-state index is -0.778. The highest BCUT2D eigenvalue weighted by Gasteiger charge is 2.29. The van der Waals surface area contributed by atoms with Crippen molar-refractivity contribution in [1.82, 2.24) is 15.3 Å². The smallest absolute Gasteiger partial charge is 0.314 e. The number of methoxy groups -OCH3 is 3. The maximum Gasteiger partial charge on any atom is 0.314 e. The number of H-pyrrole nitrogens is 2. The molecule has 4 aromatic rings. The van der Waals surface area contributed by atoms with Crippen LogP contribution in [0.2, 0.25) is 0 Å². The van der Waals surface area contributed by atoms with Gasteiger partial charge in [-0.1, -0.05) is 6.07 Å². The molecule has 0 radical (unpaired) electrons. The quantitative estimate of drug-likeness (QED) is 0.130. The van der Waals surface area contributed by atoms with Gasteiger partial charge in [0.15, 0.2) is 11.5 Å². The summed E-state index contributed by atoms with van der Waals surface area (Å²) < 4.78 is 17.0. The topological polar surface area (TPSA) is 181 Å². The van der Waals surface area contributed by atoms with Gasteiger partial charge in [-0.25, -0.2) is 0 Å². The first kappa shape index (κ1) is 31.8. The van der Waals surface area contributed by atoms with Gasteiger partial charge in [0.25, 0.3) is 0 Å². The third-order valence-corrected chi connectivity index (χ3v) is 7.82. The molecule has 1 aromatic heterocycles. The van der Waals surface area contributed by atoms with E-state index in [0.29, 0.717) is 71.0 Å². The van der Waals surface area contributed by atoms with Crippen molar-refractivity contribution >= 4 is 34.2 Å². The predicted molar refractivity (Wildman–Crippen MR) is 174 cm³/mol. The van der Waals surface area contributed by atoms with Gasteiger partial charge in [0, 0.05) is 31.1 Å². The Labute approximate surface area is 263 Å². The molecule has 0 saturated heterocycles. The number of carbonyl (C=O) groups is 2. The Morgan fingerprint density at radius 2 is 1.63 bits per heavy atom. The molecule has 0 fully saturated rings. The number of ether oxygens (including phenoxy) is 3. The lowest BCUT2D eigenvalue weighted by Gasteiger charge is -2.19. The van der Waals surface area contributed by atoms with Crippen LogP contribution in [0.5, 0.6) is 17.2 Å². The molecule has 1 aliphatic carbocycles. The van der Waals surface area contributed by atoms with Gasteiger partial charge in [0.1, 0.15) is 0 Å². The molecule has 1 heterocycles. The fourth-order valence-corrected chi connectivity index (χ4v) is 5.74. The third-order valence-electron chi connectivity index (χ3n) is 7.82. The van der Waals surface area contributed by atoms with Gasteiger partial charge in [-0.05, 0) is 72.4 Å². The minimum absolute atomic E-state index is 0.160. The Balaban J connectivity index is 1.36. The van der Waals surface area contributed by atoms with E-state index in [1.54, 1.807) is 38.5 Å². The molecular weight excluding hydrogens is 594 g/mol. The number of aromatic nitrogens is 2. The normalized spacial score (nSPS) is 13.5. The van der Waals surface area contributed by atoms with Gasteiger partial charge < -0.3 is 40.1 Å². The molecule has 3 aromatic carbocycles. The van der Waals surface area contributed by atoms with E-state index >= 15 is 0 Å². The first-order valence-corrected chi connectivity index (χ1v) is 14.7. The van der Waals surface area contributed by atoms with Gasteiger partial charge >= 0.3 is 11.1 Å². The van der Waals surface area contributed by atoms with E-state index in [2.05, 4.69) is 25.9 Å². The van der Waals surface area contributed by atoms with Crippen molar-refractivity contribution in [3.05, 3.63) is 84.5 Å². The zero-order chi connectivity index (χ0) is 33.0. The highest BCUT2D eigenvalue weighted by molar-refractivity contribution is 5.93. The second kappa shape index (κ2) is 13.6. The van der Waals surface area contributed by atoms with E-state index in [1.807, 2.05) is 12.1 Å². The lowest BCUT2D eigenvalue weighted by molar-refractivity contribution is -0.119. The number of hydrogen-bond acceptors (Lipinski definition) is 9. The van der Waals surface area contributed by atoms with Gasteiger partial charge in [-0.3, -0.25) is 24.0 Å². The Bertz CT molecular complexity index is 2000. The summed E-state index contributed by atoms with van der Waals surface area (Å²) >= 11 is 0. The zero-order valence-electron chi connectivity index (χ0n) is 25.9. The molecule has 5 rings (SSSR count). The summed E-state index contributed by atoms with van der Waals surface area (Å²) in [6.45, 7) is 1.78. The molecule has 0 spiro atoms. The van der Waals surface area contributed by atoms with Crippen LogP contribution in [0.1, 0.15) is 43.4 Å². The van der Waals surface area contributed by atoms with Gasteiger partial charge in [-0.15, -0.1) is 0 Å². The summed E-state index contributed by atoms with van der Waals surface area (Å²) in [4.78, 5) is 66.3. The number of rotatable bonds is 10. The third kappa shape index (κ3) is 6.58. The van der Waals surface area contributed by atoms with Crippen molar-refractivity contribution in [1.29, 1.82) is 0 Å². The van der Waals surface area contributed by atoms with Crippen LogP contribution in [0.25, 0.3) is 22.2 Å². The Kier molecular flexibility index (Phi) is 9.40. The summed E-state index contributed by atoms with van der Waals surface area (Å²) in [7, 11) is 4.62. The zero-order valence-corrected chi connectivity index (χ0v) is 25.9. The molecule has 46 heavy (non-hydrogen) atoms. The van der Waals surface area contributed by atoms with Gasteiger partial charge in [-0.2, -0.15) is 0 Å². The molecule has 0 saturated carbocycles. The van der Waals surface area contributed by atoms with Crippen LogP contribution in [0, 0.1) is 0 Å². The molecular formula is C33H35N5O8. The number of benzene rings is 2. The molecule has 1 aliphatic rings. The van der Waals surface area contributed by atoms with E-state index in [4.69, 9.17) is 14.2 Å². The van der Waals surface area contributed by atoms with Crippen LogP contribution < -0.4 is 46.7 Å². The first-order valence-electron chi connectivity index (χ1n) is 14.7. The van der Waals surface area contributed by atoms with Crippen molar-refractivity contribution in [2.75, 3.05) is 38.5 Å².